The van der Waals surface area contributed by atoms with Crippen LogP contribution >= 0.6 is 0 Å². The summed E-state index contributed by atoms with van der Waals surface area (Å²) < 4.78 is 0. The summed E-state index contributed by atoms with van der Waals surface area (Å²) in [6, 6.07) is 6.46. The van der Waals surface area contributed by atoms with Gasteiger partial charge < -0.3 is 10.6 Å². The molecule has 0 spiro atoms. The Labute approximate surface area is 91.1 Å². The fourth-order valence-electron chi connectivity index (χ4n) is 2.60. The topological polar surface area (TPSA) is 24.1 Å². The molecule has 15 heavy (non-hydrogen) atoms. The number of anilines is 2. The third-order valence-corrected chi connectivity index (χ3v) is 3.80. The first kappa shape index (κ1) is 9.08. The van der Waals surface area contributed by atoms with E-state index in [-0.39, 0.29) is 5.54 Å². The van der Waals surface area contributed by atoms with Gasteiger partial charge in [-0.25, -0.2) is 0 Å². The van der Waals surface area contributed by atoms with Gasteiger partial charge in [0.25, 0.3) is 0 Å². The number of hydrogen-bond acceptors (Lipinski definition) is 2. The Balaban J connectivity index is 1.96. The third-order valence-electron chi connectivity index (χ3n) is 3.80. The van der Waals surface area contributed by atoms with Crippen LogP contribution in [0.15, 0.2) is 18.2 Å². The predicted octanol–water partition coefficient (Wildman–Crippen LogP) is 3.00. The zero-order chi connectivity index (χ0) is 10.5. The summed E-state index contributed by atoms with van der Waals surface area (Å²) in [4.78, 5) is 0. The van der Waals surface area contributed by atoms with Gasteiger partial charge in [0.15, 0.2) is 0 Å². The van der Waals surface area contributed by atoms with Crippen molar-refractivity contribution in [2.45, 2.75) is 32.2 Å². The molecule has 1 heterocycles. The number of para-hydroxylation sites is 1. The Morgan fingerprint density at radius 3 is 2.87 bits per heavy atom. The summed E-state index contributed by atoms with van der Waals surface area (Å²) in [6.45, 7) is 5.55. The molecule has 80 valence electrons. The monoisotopic (exact) mass is 202 g/mol. The summed E-state index contributed by atoms with van der Waals surface area (Å²) in [6.07, 6.45) is 2.76. The van der Waals surface area contributed by atoms with E-state index < -0.39 is 0 Å². The molecule has 1 fully saturated rings. The molecule has 2 heteroatoms. The number of fused-ring (bicyclic) bond motifs is 1. The summed E-state index contributed by atoms with van der Waals surface area (Å²) in [5, 5.41) is 7.29. The van der Waals surface area contributed by atoms with Gasteiger partial charge in [-0.2, -0.15) is 0 Å². The van der Waals surface area contributed by atoms with Gasteiger partial charge in [0, 0.05) is 6.54 Å². The van der Waals surface area contributed by atoms with Crippen molar-refractivity contribution >= 4 is 11.4 Å². The van der Waals surface area contributed by atoms with Crippen LogP contribution in [-0.2, 0) is 0 Å². The number of nitrogens with one attached hydrogen (secondary N) is 2. The van der Waals surface area contributed by atoms with Gasteiger partial charge in [-0.05, 0) is 44.2 Å². The van der Waals surface area contributed by atoms with Gasteiger partial charge in [0.05, 0.1) is 16.9 Å². The molecule has 1 unspecified atom stereocenters. The van der Waals surface area contributed by atoms with Crippen molar-refractivity contribution in [2.24, 2.45) is 5.92 Å². The van der Waals surface area contributed by atoms with E-state index in [4.69, 9.17) is 0 Å². The van der Waals surface area contributed by atoms with E-state index in [0.29, 0.717) is 0 Å². The highest BCUT2D eigenvalue weighted by Gasteiger charge is 2.43. The SMILES string of the molecule is Cc1cccc2c1NCC(C)(C1CC1)N2. The van der Waals surface area contributed by atoms with Crippen molar-refractivity contribution in [3.05, 3.63) is 23.8 Å². The van der Waals surface area contributed by atoms with Crippen LogP contribution < -0.4 is 10.6 Å². The molecule has 0 radical (unpaired) electrons. The lowest BCUT2D eigenvalue weighted by atomic mass is 9.92. The molecule has 1 aromatic rings. The lowest BCUT2D eigenvalue weighted by molar-refractivity contribution is 0.465. The van der Waals surface area contributed by atoms with Crippen LogP contribution in [0, 0.1) is 12.8 Å². The van der Waals surface area contributed by atoms with Crippen molar-refractivity contribution in [2.75, 3.05) is 17.2 Å². The Bertz CT molecular complexity index is 396. The van der Waals surface area contributed by atoms with Gasteiger partial charge in [-0.1, -0.05) is 12.1 Å². The van der Waals surface area contributed by atoms with Crippen LogP contribution in [0.2, 0.25) is 0 Å². The summed E-state index contributed by atoms with van der Waals surface area (Å²) in [5.41, 5.74) is 4.16. The molecular formula is C13H18N2. The van der Waals surface area contributed by atoms with Crippen LogP contribution in [0.5, 0.6) is 0 Å². The van der Waals surface area contributed by atoms with Crippen LogP contribution in [0.3, 0.4) is 0 Å². The van der Waals surface area contributed by atoms with Gasteiger partial charge in [0.2, 0.25) is 0 Å². The van der Waals surface area contributed by atoms with E-state index in [1.165, 1.54) is 29.8 Å². The molecule has 1 atom stereocenters. The highest BCUT2D eigenvalue weighted by atomic mass is 15.1. The molecule has 1 aliphatic heterocycles. The second kappa shape index (κ2) is 2.91. The van der Waals surface area contributed by atoms with Crippen LogP contribution in [0.4, 0.5) is 11.4 Å². The van der Waals surface area contributed by atoms with E-state index in [2.05, 4.69) is 42.7 Å². The van der Waals surface area contributed by atoms with Gasteiger partial charge in [-0.15, -0.1) is 0 Å². The maximum absolute atomic E-state index is 3.71. The molecule has 0 aromatic heterocycles. The predicted molar refractivity (Wildman–Crippen MR) is 64.4 cm³/mol. The molecular weight excluding hydrogens is 184 g/mol. The van der Waals surface area contributed by atoms with Crippen molar-refractivity contribution in [1.29, 1.82) is 0 Å². The normalized spacial score (nSPS) is 28.9. The zero-order valence-corrected chi connectivity index (χ0v) is 9.43. The minimum atomic E-state index is 0.265. The first-order valence-corrected chi connectivity index (χ1v) is 5.81. The molecule has 1 aliphatic carbocycles. The first-order chi connectivity index (χ1) is 7.19. The van der Waals surface area contributed by atoms with Crippen molar-refractivity contribution < 1.29 is 0 Å². The van der Waals surface area contributed by atoms with Crippen molar-refractivity contribution in [3.63, 3.8) is 0 Å². The number of hydrogen-bond donors (Lipinski definition) is 2. The van der Waals surface area contributed by atoms with Gasteiger partial charge in [0.1, 0.15) is 0 Å². The second-order valence-corrected chi connectivity index (χ2v) is 5.17. The molecule has 2 aliphatic rings. The third kappa shape index (κ3) is 1.39. The molecule has 1 aromatic carbocycles. The van der Waals surface area contributed by atoms with Gasteiger partial charge >= 0.3 is 0 Å². The first-order valence-electron chi connectivity index (χ1n) is 5.81. The second-order valence-electron chi connectivity index (χ2n) is 5.17. The average Bonchev–Trinajstić information content (AvgIpc) is 3.01. The Morgan fingerprint density at radius 1 is 1.33 bits per heavy atom. The van der Waals surface area contributed by atoms with Crippen molar-refractivity contribution in [3.8, 4) is 0 Å². The molecule has 0 bridgehead atoms. The Hall–Kier alpha value is -1.18. The minimum absolute atomic E-state index is 0.265. The Morgan fingerprint density at radius 2 is 2.13 bits per heavy atom. The maximum atomic E-state index is 3.71. The summed E-state index contributed by atoms with van der Waals surface area (Å²) in [7, 11) is 0. The van der Waals surface area contributed by atoms with Crippen LogP contribution in [0.1, 0.15) is 25.3 Å². The molecule has 1 saturated carbocycles. The molecule has 2 nitrogen and oxygen atoms in total. The standard InChI is InChI=1S/C13H18N2/c1-9-4-3-5-11-12(9)14-8-13(2,15-11)10-6-7-10/h3-5,10,14-15H,6-8H2,1-2H3. The van der Waals surface area contributed by atoms with E-state index in [9.17, 15) is 0 Å². The van der Waals surface area contributed by atoms with E-state index in [0.717, 1.165) is 12.5 Å². The lowest BCUT2D eigenvalue weighted by Crippen LogP contribution is -2.47. The molecule has 0 amide bonds. The van der Waals surface area contributed by atoms with E-state index in [1.54, 1.807) is 0 Å². The molecule has 0 saturated heterocycles. The average molecular weight is 202 g/mol. The van der Waals surface area contributed by atoms with Crippen molar-refractivity contribution in [1.82, 2.24) is 0 Å². The lowest BCUT2D eigenvalue weighted by Gasteiger charge is -2.38. The van der Waals surface area contributed by atoms with Crippen LogP contribution in [0.25, 0.3) is 0 Å². The van der Waals surface area contributed by atoms with Crippen LogP contribution in [-0.4, -0.2) is 12.1 Å². The van der Waals surface area contributed by atoms with E-state index >= 15 is 0 Å². The summed E-state index contributed by atoms with van der Waals surface area (Å²) >= 11 is 0. The maximum Gasteiger partial charge on any atom is 0.0606 e. The van der Waals surface area contributed by atoms with Gasteiger partial charge in [-0.3, -0.25) is 0 Å². The van der Waals surface area contributed by atoms with E-state index in [1.807, 2.05) is 0 Å². The summed E-state index contributed by atoms with van der Waals surface area (Å²) in [5.74, 6) is 0.860. The highest BCUT2D eigenvalue weighted by Crippen LogP contribution is 2.45. The molecule has 2 N–H and O–H groups in total. The Kier molecular flexibility index (Phi) is 1.76. The quantitative estimate of drug-likeness (QED) is 0.731. The number of aryl methyl sites for hydroxylation is 1. The minimum Gasteiger partial charge on any atom is -0.381 e. The zero-order valence-electron chi connectivity index (χ0n) is 9.43. The smallest absolute Gasteiger partial charge is 0.0606 e. The number of benzene rings is 1. The molecule has 3 rings (SSSR count). The largest absolute Gasteiger partial charge is 0.381 e. The fourth-order valence-corrected chi connectivity index (χ4v) is 2.60. The highest BCUT2D eigenvalue weighted by molar-refractivity contribution is 5.75. The fraction of sp³-hybridized carbons (Fsp3) is 0.538. The number of rotatable bonds is 1.